The van der Waals surface area contributed by atoms with Gasteiger partial charge in [-0.1, -0.05) is 0 Å². The van der Waals surface area contributed by atoms with Crippen molar-refractivity contribution in [1.82, 2.24) is 4.72 Å². The fraction of sp³-hybridized carbons (Fsp3) is 0.364. The molecule has 2 N–H and O–H groups in total. The van der Waals surface area contributed by atoms with Crippen molar-refractivity contribution < 1.29 is 27.1 Å². The van der Waals surface area contributed by atoms with E-state index in [1.54, 1.807) is 0 Å². The standard InChI is InChI=1S/C11H13F2NO4S/c1-11(2,6-10(15)16)14-19(17,18)9-4-7(12)3-8(13)5-9/h3-5,14H,6H2,1-2H3,(H,15,16). The van der Waals surface area contributed by atoms with Crippen LogP contribution in [-0.2, 0) is 14.8 Å². The van der Waals surface area contributed by atoms with Crippen LogP contribution in [0.1, 0.15) is 20.3 Å². The van der Waals surface area contributed by atoms with Crippen molar-refractivity contribution in [3.63, 3.8) is 0 Å². The van der Waals surface area contributed by atoms with Gasteiger partial charge in [-0.2, -0.15) is 0 Å². The fourth-order valence-electron chi connectivity index (χ4n) is 1.52. The quantitative estimate of drug-likeness (QED) is 0.861. The zero-order valence-electron chi connectivity index (χ0n) is 10.3. The Morgan fingerprint density at radius 1 is 1.26 bits per heavy atom. The van der Waals surface area contributed by atoms with Gasteiger partial charge >= 0.3 is 5.97 Å². The first-order chi connectivity index (χ1) is 8.52. The maximum Gasteiger partial charge on any atom is 0.305 e. The van der Waals surface area contributed by atoms with Crippen molar-refractivity contribution in [2.24, 2.45) is 0 Å². The zero-order chi connectivity index (χ0) is 14.8. The first-order valence-electron chi connectivity index (χ1n) is 5.24. The summed E-state index contributed by atoms with van der Waals surface area (Å²) in [5, 5.41) is 8.65. The van der Waals surface area contributed by atoms with Gasteiger partial charge in [-0.25, -0.2) is 21.9 Å². The molecule has 1 aromatic carbocycles. The number of rotatable bonds is 5. The molecule has 19 heavy (non-hydrogen) atoms. The van der Waals surface area contributed by atoms with Crippen LogP contribution in [-0.4, -0.2) is 25.0 Å². The molecule has 0 fully saturated rings. The smallest absolute Gasteiger partial charge is 0.305 e. The van der Waals surface area contributed by atoms with Crippen molar-refractivity contribution in [3.05, 3.63) is 29.8 Å². The lowest BCUT2D eigenvalue weighted by Gasteiger charge is -2.23. The van der Waals surface area contributed by atoms with E-state index >= 15 is 0 Å². The Bertz CT molecular complexity index is 578. The molecule has 1 aromatic rings. The number of carboxylic acid groups (broad SMARTS) is 1. The molecule has 0 saturated carbocycles. The third-order valence-electron chi connectivity index (χ3n) is 2.15. The second kappa shape index (κ2) is 5.22. The summed E-state index contributed by atoms with van der Waals surface area (Å²) in [6, 6.07) is 1.85. The Balaban J connectivity index is 3.08. The Morgan fingerprint density at radius 3 is 2.16 bits per heavy atom. The van der Waals surface area contributed by atoms with Crippen LogP contribution in [0, 0.1) is 11.6 Å². The van der Waals surface area contributed by atoms with Crippen LogP contribution in [0.5, 0.6) is 0 Å². The number of carbonyl (C=O) groups is 1. The third-order valence-corrected chi connectivity index (χ3v) is 3.83. The van der Waals surface area contributed by atoms with E-state index in [0.717, 1.165) is 0 Å². The van der Waals surface area contributed by atoms with Crippen LogP contribution >= 0.6 is 0 Å². The first-order valence-corrected chi connectivity index (χ1v) is 6.72. The highest BCUT2D eigenvalue weighted by Gasteiger charge is 2.29. The van der Waals surface area contributed by atoms with E-state index in [-0.39, 0.29) is 0 Å². The molecular weight excluding hydrogens is 280 g/mol. The normalized spacial score (nSPS) is 12.4. The molecule has 0 aliphatic carbocycles. The lowest BCUT2D eigenvalue weighted by Crippen LogP contribution is -2.44. The van der Waals surface area contributed by atoms with Gasteiger partial charge < -0.3 is 5.11 Å². The van der Waals surface area contributed by atoms with Crippen molar-refractivity contribution in [3.8, 4) is 0 Å². The highest BCUT2D eigenvalue weighted by atomic mass is 32.2. The van der Waals surface area contributed by atoms with E-state index in [1.807, 2.05) is 0 Å². The summed E-state index contributed by atoms with van der Waals surface area (Å²) in [4.78, 5) is 10.00. The minimum atomic E-state index is -4.20. The maximum atomic E-state index is 13.0. The van der Waals surface area contributed by atoms with Gasteiger partial charge in [0.2, 0.25) is 10.0 Å². The van der Waals surface area contributed by atoms with E-state index in [0.29, 0.717) is 18.2 Å². The van der Waals surface area contributed by atoms with E-state index in [4.69, 9.17) is 5.11 Å². The number of halogens is 2. The number of hydrogen-bond acceptors (Lipinski definition) is 3. The summed E-state index contributed by atoms with van der Waals surface area (Å²) >= 11 is 0. The molecule has 5 nitrogen and oxygen atoms in total. The molecule has 0 radical (unpaired) electrons. The van der Waals surface area contributed by atoms with E-state index in [9.17, 15) is 22.0 Å². The minimum Gasteiger partial charge on any atom is -0.481 e. The highest BCUT2D eigenvalue weighted by molar-refractivity contribution is 7.89. The SMILES string of the molecule is CC(C)(CC(=O)O)NS(=O)(=O)c1cc(F)cc(F)c1. The monoisotopic (exact) mass is 293 g/mol. The summed E-state index contributed by atoms with van der Waals surface area (Å²) in [6.07, 6.45) is -0.468. The fourth-order valence-corrected chi connectivity index (χ4v) is 2.97. The van der Waals surface area contributed by atoms with Gasteiger partial charge in [0.25, 0.3) is 0 Å². The van der Waals surface area contributed by atoms with Crippen LogP contribution in [0.4, 0.5) is 8.78 Å². The van der Waals surface area contributed by atoms with E-state index in [2.05, 4.69) is 4.72 Å². The number of sulfonamides is 1. The molecule has 0 unspecified atom stereocenters. The molecule has 0 aliphatic rings. The van der Waals surface area contributed by atoms with Gasteiger partial charge in [-0.15, -0.1) is 0 Å². The maximum absolute atomic E-state index is 13.0. The number of hydrogen-bond donors (Lipinski definition) is 2. The molecule has 8 heteroatoms. The molecular formula is C11H13F2NO4S. The van der Waals surface area contributed by atoms with Gasteiger partial charge in [0.05, 0.1) is 11.3 Å². The van der Waals surface area contributed by atoms with Crippen LogP contribution in [0.2, 0.25) is 0 Å². The minimum absolute atomic E-state index is 0.468. The molecule has 106 valence electrons. The third kappa shape index (κ3) is 4.56. The van der Waals surface area contributed by atoms with Crippen LogP contribution in [0.25, 0.3) is 0 Å². The molecule has 1 rings (SSSR count). The van der Waals surface area contributed by atoms with Crippen molar-refractivity contribution in [1.29, 1.82) is 0 Å². The Morgan fingerprint density at radius 2 is 1.74 bits per heavy atom. The molecule has 0 bridgehead atoms. The number of benzene rings is 1. The number of aliphatic carboxylic acids is 1. The molecule has 0 amide bonds. The lowest BCUT2D eigenvalue weighted by molar-refractivity contribution is -0.138. The van der Waals surface area contributed by atoms with Gasteiger partial charge in [-0.3, -0.25) is 4.79 Å². The van der Waals surface area contributed by atoms with Crippen LogP contribution in [0.15, 0.2) is 23.1 Å². The first kappa shape index (κ1) is 15.5. The number of carboxylic acids is 1. The molecule has 0 saturated heterocycles. The molecule has 0 aliphatic heterocycles. The van der Waals surface area contributed by atoms with E-state index in [1.165, 1.54) is 13.8 Å². The van der Waals surface area contributed by atoms with Crippen molar-refractivity contribution in [2.45, 2.75) is 30.7 Å². The summed E-state index contributed by atoms with van der Waals surface area (Å²) in [6.45, 7) is 2.71. The van der Waals surface area contributed by atoms with Crippen LogP contribution in [0.3, 0.4) is 0 Å². The highest BCUT2D eigenvalue weighted by Crippen LogP contribution is 2.18. The van der Waals surface area contributed by atoms with E-state index < -0.39 is 44.5 Å². The average Bonchev–Trinajstić information content (AvgIpc) is 2.11. The van der Waals surface area contributed by atoms with Crippen LogP contribution < -0.4 is 4.72 Å². The molecule has 0 aromatic heterocycles. The van der Waals surface area contributed by atoms with Gasteiger partial charge in [0.15, 0.2) is 0 Å². The summed E-state index contributed by atoms with van der Waals surface area (Å²) < 4.78 is 51.8. The van der Waals surface area contributed by atoms with Gasteiger partial charge in [0, 0.05) is 11.6 Å². The Kier molecular flexibility index (Phi) is 4.26. The van der Waals surface area contributed by atoms with Crippen molar-refractivity contribution >= 4 is 16.0 Å². The predicted octanol–water partition coefficient (Wildman–Crippen LogP) is 1.50. The average molecular weight is 293 g/mol. The number of nitrogens with one attached hydrogen (secondary N) is 1. The predicted molar refractivity (Wildman–Crippen MR) is 63.0 cm³/mol. The van der Waals surface area contributed by atoms with Gasteiger partial charge in [-0.05, 0) is 26.0 Å². The largest absolute Gasteiger partial charge is 0.481 e. The summed E-state index contributed by atoms with van der Waals surface area (Å²) in [5.74, 6) is -3.26. The van der Waals surface area contributed by atoms with Crippen molar-refractivity contribution in [2.75, 3.05) is 0 Å². The Labute approximate surface area is 109 Å². The molecule has 0 atom stereocenters. The molecule has 0 heterocycles. The topological polar surface area (TPSA) is 83.5 Å². The van der Waals surface area contributed by atoms with Gasteiger partial charge in [0.1, 0.15) is 11.6 Å². The Hall–Kier alpha value is -1.54. The summed E-state index contributed by atoms with van der Waals surface area (Å²) in [5.41, 5.74) is -1.28. The molecule has 0 spiro atoms. The second-order valence-corrected chi connectivity index (χ2v) is 6.35. The summed E-state index contributed by atoms with van der Waals surface area (Å²) in [7, 11) is -4.20. The lowest BCUT2D eigenvalue weighted by atomic mass is 10.0. The zero-order valence-corrected chi connectivity index (χ0v) is 11.1. The second-order valence-electron chi connectivity index (χ2n) is 4.67.